The van der Waals surface area contributed by atoms with Gasteiger partial charge in [-0.25, -0.2) is 18.3 Å². The van der Waals surface area contributed by atoms with Crippen LogP contribution in [0.5, 0.6) is 5.75 Å². The average molecular weight is 616 g/mol. The number of aliphatic hydroxyl groups excluding tert-OH is 1. The summed E-state index contributed by atoms with van der Waals surface area (Å²) < 4.78 is 94.2. The number of esters is 1. The van der Waals surface area contributed by atoms with E-state index in [4.69, 9.17) is 30.3 Å². The molecule has 2 aliphatic rings. The van der Waals surface area contributed by atoms with Crippen LogP contribution in [0.2, 0.25) is 0 Å². The summed E-state index contributed by atoms with van der Waals surface area (Å²) in [5.41, 5.74) is -3.92. The molecular weight excluding hydrogens is 590 g/mol. The number of nitrogens with zero attached hydrogens (tertiary/aromatic N) is 1. The normalized spacial score (nSPS) is 27.0. The molecule has 0 aliphatic carbocycles. The zero-order chi connectivity index (χ0) is 30.0. The SMILES string of the molecule is CC(C)OC(=O)[C@H](C)NP(=S)(OC[C@@]1(C(F)F)O[C@@H](N2C=C(F)C(=O)CC2=O)[C@H](O)C1(F)F)Oc1ccccc1. The van der Waals surface area contributed by atoms with Gasteiger partial charge in [0.1, 0.15) is 11.8 Å². The number of para-hydroxylation sites is 1. The molecule has 2 aliphatic heterocycles. The number of aliphatic hydroxyl groups is 1. The molecule has 1 saturated heterocycles. The average Bonchev–Trinajstić information content (AvgIpc) is 3.06. The predicted molar refractivity (Wildman–Crippen MR) is 131 cm³/mol. The number of carbonyl (C=O) groups excluding carboxylic acids is 3. The Hall–Kier alpha value is -2.49. The number of ether oxygens (including phenoxy) is 2. The van der Waals surface area contributed by atoms with E-state index in [0.29, 0.717) is 0 Å². The van der Waals surface area contributed by atoms with Gasteiger partial charge in [-0.2, -0.15) is 8.78 Å². The molecule has 40 heavy (non-hydrogen) atoms. The van der Waals surface area contributed by atoms with E-state index in [1.807, 2.05) is 0 Å². The van der Waals surface area contributed by atoms with Crippen molar-refractivity contribution in [1.29, 1.82) is 0 Å². The number of ketones is 1. The second-order valence-corrected chi connectivity index (χ2v) is 12.3. The van der Waals surface area contributed by atoms with E-state index in [0.717, 1.165) is 0 Å². The third-order valence-electron chi connectivity index (χ3n) is 5.76. The fraction of sp³-hybridized carbons (Fsp3) is 0.522. The van der Waals surface area contributed by atoms with E-state index >= 15 is 8.78 Å². The van der Waals surface area contributed by atoms with E-state index in [9.17, 15) is 32.7 Å². The minimum Gasteiger partial charge on any atom is -0.462 e. The second kappa shape index (κ2) is 12.2. The minimum absolute atomic E-state index is 0.0371. The van der Waals surface area contributed by atoms with Crippen molar-refractivity contribution in [3.63, 3.8) is 0 Å². The van der Waals surface area contributed by atoms with Crippen molar-refractivity contribution in [2.24, 2.45) is 0 Å². The lowest BCUT2D eigenvalue weighted by atomic mass is 9.95. The lowest BCUT2D eigenvalue weighted by Gasteiger charge is -2.35. The first-order chi connectivity index (χ1) is 18.5. The van der Waals surface area contributed by atoms with Crippen LogP contribution in [-0.2, 0) is 40.2 Å². The zero-order valence-corrected chi connectivity index (χ0v) is 23.0. The van der Waals surface area contributed by atoms with Crippen LogP contribution in [0, 0.1) is 0 Å². The van der Waals surface area contributed by atoms with Gasteiger partial charge < -0.3 is 23.6 Å². The standard InChI is InChI=1S/C23H26F5N2O8PS/c1-12(2)36-20(34)13(3)29-39(40,38-14-7-5-4-6-8-14)35-11-22(21(25)26)23(27,28)18(33)19(37-22)30-10-15(24)16(31)9-17(30)32/h4-8,10,12-13,18-19,21,33H,9,11H2,1-3H3,(H,29,40)/t13-,18-,19+,22-,39?/m0/s1. The second-order valence-electron chi connectivity index (χ2n) is 9.16. The number of nitrogens with one attached hydrogen (secondary N) is 1. The highest BCUT2D eigenvalue weighted by Crippen LogP contribution is 2.53. The van der Waals surface area contributed by atoms with E-state index < -0.39 is 85.6 Å². The number of alkyl halides is 4. The first-order valence-electron chi connectivity index (χ1n) is 11.7. The van der Waals surface area contributed by atoms with E-state index in [-0.39, 0.29) is 16.8 Å². The van der Waals surface area contributed by atoms with Crippen molar-refractivity contribution >= 4 is 36.1 Å². The Kier molecular flexibility index (Phi) is 9.74. The number of hydrogen-bond donors (Lipinski definition) is 2. The molecule has 0 spiro atoms. The number of allylic oxidation sites excluding steroid dienone is 1. The van der Waals surface area contributed by atoms with E-state index in [1.54, 1.807) is 19.9 Å². The fourth-order valence-electron chi connectivity index (χ4n) is 3.70. The van der Waals surface area contributed by atoms with Gasteiger partial charge in [-0.3, -0.25) is 19.3 Å². The highest BCUT2D eigenvalue weighted by molar-refractivity contribution is 8.09. The van der Waals surface area contributed by atoms with Crippen LogP contribution in [0.15, 0.2) is 42.4 Å². The molecule has 3 rings (SSSR count). The van der Waals surface area contributed by atoms with Gasteiger partial charge >= 0.3 is 18.5 Å². The number of Topliss-reactive ketones (excluding diaryl/α,β-unsaturated/α-hetero) is 1. The highest BCUT2D eigenvalue weighted by Gasteiger charge is 2.74. The molecule has 0 bridgehead atoms. The van der Waals surface area contributed by atoms with Gasteiger partial charge in [0.05, 0.1) is 19.1 Å². The molecule has 1 aromatic rings. The molecule has 5 atom stereocenters. The minimum atomic E-state index is -4.80. The Labute approximate surface area is 230 Å². The summed E-state index contributed by atoms with van der Waals surface area (Å²) in [6, 6.07) is 6.20. The van der Waals surface area contributed by atoms with Crippen molar-refractivity contribution in [2.75, 3.05) is 6.61 Å². The van der Waals surface area contributed by atoms with Gasteiger partial charge in [0.2, 0.25) is 17.3 Å². The van der Waals surface area contributed by atoms with Crippen LogP contribution in [-0.4, -0.2) is 76.7 Å². The Morgan fingerprint density at radius 2 is 1.88 bits per heavy atom. The van der Waals surface area contributed by atoms with Crippen LogP contribution in [0.25, 0.3) is 0 Å². The number of hydrogen-bond acceptors (Lipinski definition) is 9. The van der Waals surface area contributed by atoms with Gasteiger partial charge in [0, 0.05) is 6.20 Å². The largest absolute Gasteiger partial charge is 0.462 e. The molecule has 2 N–H and O–H groups in total. The van der Waals surface area contributed by atoms with Crippen molar-refractivity contribution in [2.45, 2.75) is 69.6 Å². The Morgan fingerprint density at radius 1 is 1.25 bits per heavy atom. The van der Waals surface area contributed by atoms with Gasteiger partial charge in [-0.15, -0.1) is 0 Å². The van der Waals surface area contributed by atoms with Crippen LogP contribution in [0.3, 0.4) is 0 Å². The smallest absolute Gasteiger partial charge is 0.323 e. The number of carbonyl (C=O) groups is 3. The number of halogens is 5. The molecule has 1 fully saturated rings. The number of amides is 1. The summed E-state index contributed by atoms with van der Waals surface area (Å²) in [6.07, 6.45) is -11.1. The Morgan fingerprint density at radius 3 is 2.45 bits per heavy atom. The maximum atomic E-state index is 15.3. The molecule has 0 saturated carbocycles. The van der Waals surface area contributed by atoms with Crippen LogP contribution in [0.4, 0.5) is 22.0 Å². The number of benzene rings is 1. The summed E-state index contributed by atoms with van der Waals surface area (Å²) in [4.78, 5) is 36.1. The summed E-state index contributed by atoms with van der Waals surface area (Å²) in [6.45, 7) is -1.42. The van der Waals surface area contributed by atoms with Crippen molar-refractivity contribution in [3.05, 3.63) is 42.4 Å². The van der Waals surface area contributed by atoms with Crippen LogP contribution < -0.4 is 9.61 Å². The summed E-state index contributed by atoms with van der Waals surface area (Å²) in [5, 5.41) is 12.8. The summed E-state index contributed by atoms with van der Waals surface area (Å²) in [5.74, 6) is -9.66. The molecule has 1 unspecified atom stereocenters. The molecule has 1 amide bonds. The Bertz CT molecular complexity index is 1210. The third kappa shape index (κ3) is 6.52. The van der Waals surface area contributed by atoms with Gasteiger partial charge in [0.25, 0.3) is 6.43 Å². The Balaban J connectivity index is 1.94. The van der Waals surface area contributed by atoms with Crippen molar-refractivity contribution in [1.82, 2.24) is 9.99 Å². The highest BCUT2D eigenvalue weighted by atomic mass is 32.5. The predicted octanol–water partition coefficient (Wildman–Crippen LogP) is 3.20. The fourth-order valence-corrected chi connectivity index (χ4v) is 6.11. The van der Waals surface area contributed by atoms with Crippen molar-refractivity contribution < 1.29 is 60.0 Å². The molecule has 0 radical (unpaired) electrons. The van der Waals surface area contributed by atoms with Crippen LogP contribution in [0.1, 0.15) is 27.2 Å². The topological polar surface area (TPSA) is 124 Å². The zero-order valence-electron chi connectivity index (χ0n) is 21.3. The summed E-state index contributed by atoms with van der Waals surface area (Å²) >= 11 is 5.35. The maximum absolute atomic E-state index is 15.3. The molecular formula is C23H26F5N2O8PS. The molecule has 10 nitrogen and oxygen atoms in total. The first-order valence-corrected chi connectivity index (χ1v) is 14.4. The van der Waals surface area contributed by atoms with Gasteiger partial charge in [-0.1, -0.05) is 18.2 Å². The molecule has 1 aromatic carbocycles. The maximum Gasteiger partial charge on any atom is 0.323 e. The monoisotopic (exact) mass is 616 g/mol. The lowest BCUT2D eigenvalue weighted by Crippen LogP contribution is -2.57. The molecule has 0 aromatic heterocycles. The van der Waals surface area contributed by atoms with Crippen LogP contribution >= 0.6 is 6.64 Å². The first kappa shape index (κ1) is 32.0. The molecule has 2 heterocycles. The lowest BCUT2D eigenvalue weighted by molar-refractivity contribution is -0.242. The number of rotatable bonds is 11. The van der Waals surface area contributed by atoms with Gasteiger partial charge in [0.15, 0.2) is 18.2 Å². The quantitative estimate of drug-likeness (QED) is 0.166. The third-order valence-corrected chi connectivity index (χ3v) is 8.24. The van der Waals surface area contributed by atoms with E-state index in [1.165, 1.54) is 31.2 Å². The molecule has 17 heteroatoms. The van der Waals surface area contributed by atoms with Crippen molar-refractivity contribution in [3.8, 4) is 5.75 Å². The van der Waals surface area contributed by atoms with E-state index in [2.05, 4.69) is 5.09 Å². The molecule has 222 valence electrons. The van der Waals surface area contributed by atoms with Gasteiger partial charge in [-0.05, 0) is 44.7 Å². The summed E-state index contributed by atoms with van der Waals surface area (Å²) in [7, 11) is 0.